The zero-order chi connectivity index (χ0) is 10.5. The number of rotatable bonds is 1. The van der Waals surface area contributed by atoms with Crippen LogP contribution in [0.3, 0.4) is 0 Å². The van der Waals surface area contributed by atoms with Crippen LogP contribution in [0.2, 0.25) is 0 Å². The van der Waals surface area contributed by atoms with E-state index in [1.54, 1.807) is 0 Å². The van der Waals surface area contributed by atoms with Gasteiger partial charge in [-0.25, -0.2) is 8.42 Å². The third kappa shape index (κ3) is 1.25. The summed E-state index contributed by atoms with van der Waals surface area (Å²) in [6.07, 6.45) is 0.150. The van der Waals surface area contributed by atoms with E-state index in [4.69, 9.17) is 5.11 Å². The maximum atomic E-state index is 11.4. The second kappa shape index (κ2) is 2.79. The predicted octanol–water partition coefficient (Wildman–Crippen LogP) is -0.537. The summed E-state index contributed by atoms with van der Waals surface area (Å²) in [5.74, 6) is -2.66. The van der Waals surface area contributed by atoms with Crippen molar-refractivity contribution in [2.75, 3.05) is 5.75 Å². The van der Waals surface area contributed by atoms with Crippen molar-refractivity contribution < 1.29 is 23.1 Å². The van der Waals surface area contributed by atoms with Crippen molar-refractivity contribution in [3.8, 4) is 0 Å². The standard InChI is InChI=1S/C8H10O5S/c9-7-5-1-4(8(10)11)2-6(7)14(12,13)3-5/h4-6H,1-3H2,(H,10,11). The highest BCUT2D eigenvalue weighted by molar-refractivity contribution is 7.93. The maximum absolute atomic E-state index is 11.4. The van der Waals surface area contributed by atoms with E-state index in [0.29, 0.717) is 0 Å². The van der Waals surface area contributed by atoms with E-state index in [0.717, 1.165) is 0 Å². The number of hydrogen-bond donors (Lipinski definition) is 1. The van der Waals surface area contributed by atoms with Gasteiger partial charge in [0.15, 0.2) is 15.6 Å². The van der Waals surface area contributed by atoms with Gasteiger partial charge in [-0.05, 0) is 12.8 Å². The van der Waals surface area contributed by atoms with E-state index in [9.17, 15) is 18.0 Å². The van der Waals surface area contributed by atoms with Crippen molar-refractivity contribution >= 4 is 21.6 Å². The lowest BCUT2D eigenvalue weighted by Crippen LogP contribution is -2.35. The van der Waals surface area contributed by atoms with Crippen molar-refractivity contribution in [2.24, 2.45) is 11.8 Å². The fourth-order valence-corrected chi connectivity index (χ4v) is 4.43. The van der Waals surface area contributed by atoms with Crippen molar-refractivity contribution in [3.05, 3.63) is 0 Å². The Morgan fingerprint density at radius 1 is 1.36 bits per heavy atom. The molecular formula is C8H10O5S. The summed E-state index contributed by atoms with van der Waals surface area (Å²) in [4.78, 5) is 22.1. The largest absolute Gasteiger partial charge is 0.481 e. The third-order valence-electron chi connectivity index (χ3n) is 3.00. The van der Waals surface area contributed by atoms with E-state index in [1.165, 1.54) is 0 Å². The molecule has 2 fully saturated rings. The zero-order valence-electron chi connectivity index (χ0n) is 7.34. The molecule has 1 heterocycles. The minimum Gasteiger partial charge on any atom is -0.481 e. The molecule has 3 atom stereocenters. The van der Waals surface area contributed by atoms with Gasteiger partial charge >= 0.3 is 5.97 Å². The summed E-state index contributed by atoms with van der Waals surface area (Å²) in [6.45, 7) is 0. The smallest absolute Gasteiger partial charge is 0.306 e. The lowest BCUT2D eigenvalue weighted by Gasteiger charge is -2.21. The molecule has 5 nitrogen and oxygen atoms in total. The molecule has 0 radical (unpaired) electrons. The molecule has 0 aromatic carbocycles. The van der Waals surface area contributed by atoms with Gasteiger partial charge < -0.3 is 5.11 Å². The fraction of sp³-hybridized carbons (Fsp3) is 0.750. The summed E-state index contributed by atoms with van der Waals surface area (Å²) in [5, 5.41) is 7.71. The van der Waals surface area contributed by atoms with Crippen LogP contribution < -0.4 is 0 Å². The van der Waals surface area contributed by atoms with Gasteiger partial charge in [0.05, 0.1) is 11.7 Å². The van der Waals surface area contributed by atoms with Gasteiger partial charge in [0, 0.05) is 5.92 Å². The summed E-state index contributed by atoms with van der Waals surface area (Å²) in [7, 11) is -3.35. The van der Waals surface area contributed by atoms with E-state index in [-0.39, 0.29) is 24.4 Å². The Balaban J connectivity index is 2.33. The van der Waals surface area contributed by atoms with Gasteiger partial charge in [0.2, 0.25) is 0 Å². The number of Topliss-reactive ketones (excluding diaryl/α,β-unsaturated/α-hetero) is 1. The molecular weight excluding hydrogens is 208 g/mol. The number of fused-ring (bicyclic) bond motifs is 2. The van der Waals surface area contributed by atoms with Gasteiger partial charge in [-0.2, -0.15) is 0 Å². The van der Waals surface area contributed by atoms with Crippen LogP contribution in [0.4, 0.5) is 0 Å². The molecule has 1 N–H and O–H groups in total. The quantitative estimate of drug-likeness (QED) is 0.638. The summed E-state index contributed by atoms with van der Waals surface area (Å²) in [6, 6.07) is 0. The SMILES string of the molecule is O=C(O)C1CC2CS(=O)(=O)C(C1)C2=O. The van der Waals surface area contributed by atoms with Crippen molar-refractivity contribution in [3.63, 3.8) is 0 Å². The van der Waals surface area contributed by atoms with Crippen LogP contribution in [-0.4, -0.2) is 36.3 Å². The molecule has 3 unspecified atom stereocenters. The van der Waals surface area contributed by atoms with Crippen molar-refractivity contribution in [2.45, 2.75) is 18.1 Å². The van der Waals surface area contributed by atoms with Crippen LogP contribution in [0, 0.1) is 11.8 Å². The molecule has 0 aromatic rings. The van der Waals surface area contributed by atoms with E-state index < -0.39 is 32.9 Å². The van der Waals surface area contributed by atoms with E-state index >= 15 is 0 Å². The molecule has 0 spiro atoms. The number of ketones is 1. The normalized spacial score (nSPS) is 39.7. The highest BCUT2D eigenvalue weighted by Crippen LogP contribution is 2.38. The van der Waals surface area contributed by atoms with Gasteiger partial charge in [-0.1, -0.05) is 0 Å². The molecule has 1 aliphatic heterocycles. The molecule has 14 heavy (non-hydrogen) atoms. The summed E-state index contributed by atoms with van der Waals surface area (Å²) < 4.78 is 22.8. The number of carboxylic acids is 1. The van der Waals surface area contributed by atoms with Crippen LogP contribution in [0.25, 0.3) is 0 Å². The molecule has 0 amide bonds. The first-order valence-electron chi connectivity index (χ1n) is 4.40. The van der Waals surface area contributed by atoms with Gasteiger partial charge in [-0.15, -0.1) is 0 Å². The van der Waals surface area contributed by atoms with Crippen LogP contribution >= 0.6 is 0 Å². The predicted molar refractivity (Wildman–Crippen MR) is 46.4 cm³/mol. The number of sulfone groups is 1. The Bertz CT molecular complexity index is 396. The molecule has 0 aromatic heterocycles. The topological polar surface area (TPSA) is 88.5 Å². The second-order valence-electron chi connectivity index (χ2n) is 3.92. The number of aliphatic carboxylic acids is 1. The minimum absolute atomic E-state index is 0.0347. The number of carbonyl (C=O) groups is 2. The highest BCUT2D eigenvalue weighted by Gasteiger charge is 2.52. The first-order chi connectivity index (χ1) is 6.42. The van der Waals surface area contributed by atoms with Crippen molar-refractivity contribution in [1.82, 2.24) is 0 Å². The molecule has 1 aliphatic carbocycles. The Labute approximate surface area is 81.0 Å². The number of carboxylic acid groups (broad SMARTS) is 1. The molecule has 2 rings (SSSR count). The lowest BCUT2D eigenvalue weighted by molar-refractivity contribution is -0.144. The molecule has 1 saturated carbocycles. The first kappa shape index (κ1) is 9.64. The van der Waals surface area contributed by atoms with Crippen LogP contribution in [0.15, 0.2) is 0 Å². The number of carbonyl (C=O) groups excluding carboxylic acids is 1. The molecule has 2 bridgehead atoms. The molecule has 6 heteroatoms. The van der Waals surface area contributed by atoms with Crippen LogP contribution in [0.5, 0.6) is 0 Å². The molecule has 1 saturated heterocycles. The maximum Gasteiger partial charge on any atom is 0.306 e. The fourth-order valence-electron chi connectivity index (χ4n) is 2.27. The molecule has 2 aliphatic rings. The summed E-state index contributed by atoms with van der Waals surface area (Å²) >= 11 is 0. The Kier molecular flexibility index (Phi) is 1.92. The Morgan fingerprint density at radius 3 is 2.50 bits per heavy atom. The van der Waals surface area contributed by atoms with E-state index in [1.807, 2.05) is 0 Å². The van der Waals surface area contributed by atoms with Gasteiger partial charge in [0.1, 0.15) is 5.25 Å². The van der Waals surface area contributed by atoms with Crippen molar-refractivity contribution in [1.29, 1.82) is 0 Å². The average molecular weight is 218 g/mol. The second-order valence-corrected chi connectivity index (χ2v) is 6.15. The zero-order valence-corrected chi connectivity index (χ0v) is 8.16. The first-order valence-corrected chi connectivity index (χ1v) is 6.11. The van der Waals surface area contributed by atoms with Crippen LogP contribution in [0.1, 0.15) is 12.8 Å². The van der Waals surface area contributed by atoms with Crippen LogP contribution in [-0.2, 0) is 19.4 Å². The summed E-state index contributed by atoms with van der Waals surface area (Å²) in [5.41, 5.74) is 0. The molecule has 78 valence electrons. The lowest BCUT2D eigenvalue weighted by atomic mass is 9.81. The number of hydrogen-bond acceptors (Lipinski definition) is 4. The Hall–Kier alpha value is -0.910. The average Bonchev–Trinajstić information content (AvgIpc) is 2.22. The minimum atomic E-state index is -3.35. The van der Waals surface area contributed by atoms with E-state index in [2.05, 4.69) is 0 Å². The third-order valence-corrected chi connectivity index (χ3v) is 5.16. The monoisotopic (exact) mass is 218 g/mol. The van der Waals surface area contributed by atoms with Gasteiger partial charge in [0.25, 0.3) is 0 Å². The van der Waals surface area contributed by atoms with Gasteiger partial charge in [-0.3, -0.25) is 9.59 Å². The highest BCUT2D eigenvalue weighted by atomic mass is 32.2. The Morgan fingerprint density at radius 2 is 2.00 bits per heavy atom.